The lowest BCUT2D eigenvalue weighted by Crippen LogP contribution is -2.75. The number of nitrogens with zero attached hydrogens (tertiary/aromatic N) is 1. The molecule has 0 bridgehead atoms. The fourth-order valence-corrected chi connectivity index (χ4v) is 6.76. The van der Waals surface area contributed by atoms with Crippen LogP contribution in [0.4, 0.5) is 0 Å². The van der Waals surface area contributed by atoms with Gasteiger partial charge < -0.3 is 0 Å². The van der Waals surface area contributed by atoms with Gasteiger partial charge in [0, 0.05) is 12.5 Å². The Morgan fingerprint density at radius 2 is 1.28 bits per heavy atom. The fourth-order valence-electron chi connectivity index (χ4n) is 6.76. The Balaban J connectivity index is 1.80. The Hall–Kier alpha value is -3.20. The maximum atomic E-state index is 14.0. The summed E-state index contributed by atoms with van der Waals surface area (Å²) in [5.41, 5.74) is 3.01. The van der Waals surface area contributed by atoms with Gasteiger partial charge in [0.15, 0.2) is 0 Å². The highest BCUT2D eigenvalue weighted by atomic mass is 16.2. The molecular formula is C26H21NO2. The van der Waals surface area contributed by atoms with E-state index in [4.69, 9.17) is 0 Å². The summed E-state index contributed by atoms with van der Waals surface area (Å²) in [6.07, 6.45) is 0.629. The van der Waals surface area contributed by atoms with Gasteiger partial charge in [-0.05, 0) is 34.2 Å². The number of amides is 2. The Labute approximate surface area is 170 Å². The quantitative estimate of drug-likeness (QED) is 0.594. The number of hydrogen-bond acceptors (Lipinski definition) is 2. The predicted octanol–water partition coefficient (Wildman–Crippen LogP) is 4.20. The first kappa shape index (κ1) is 16.7. The molecule has 1 saturated carbocycles. The van der Waals surface area contributed by atoms with Crippen molar-refractivity contribution in [2.45, 2.75) is 29.6 Å². The molecule has 1 heterocycles. The van der Waals surface area contributed by atoms with Gasteiger partial charge in [0.25, 0.3) is 0 Å². The molecule has 1 aliphatic heterocycles. The second kappa shape index (κ2) is 5.04. The lowest BCUT2D eigenvalue weighted by Gasteiger charge is -2.67. The zero-order chi connectivity index (χ0) is 20.0. The minimum absolute atomic E-state index is 0.0714. The third-order valence-corrected chi connectivity index (χ3v) is 7.80. The van der Waals surface area contributed by atoms with Crippen LogP contribution in [0.1, 0.15) is 30.0 Å². The molecule has 3 aromatic rings. The van der Waals surface area contributed by atoms with E-state index in [1.807, 2.05) is 42.5 Å². The molecule has 3 nitrogen and oxygen atoms in total. The highest BCUT2D eigenvalue weighted by Crippen LogP contribution is 2.76. The zero-order valence-corrected chi connectivity index (χ0v) is 16.5. The lowest BCUT2D eigenvalue weighted by atomic mass is 9.31. The van der Waals surface area contributed by atoms with E-state index in [1.165, 1.54) is 4.90 Å². The number of benzene rings is 3. The lowest BCUT2D eigenvalue weighted by molar-refractivity contribution is -0.140. The normalized spacial score (nSPS) is 31.4. The largest absolute Gasteiger partial charge is 0.284 e. The third kappa shape index (κ3) is 1.50. The molecule has 3 heteroatoms. The molecule has 0 N–H and O–H groups in total. The van der Waals surface area contributed by atoms with Crippen LogP contribution in [0.3, 0.4) is 0 Å². The molecule has 3 atom stereocenters. The van der Waals surface area contributed by atoms with Crippen molar-refractivity contribution in [3.05, 3.63) is 95.6 Å². The number of fused-ring (bicyclic) bond motifs is 3. The van der Waals surface area contributed by atoms with Gasteiger partial charge in [0.2, 0.25) is 11.8 Å². The molecule has 3 aliphatic rings. The van der Waals surface area contributed by atoms with Gasteiger partial charge in [-0.3, -0.25) is 14.5 Å². The first-order valence-corrected chi connectivity index (χ1v) is 10.1. The second-order valence-electron chi connectivity index (χ2n) is 8.79. The van der Waals surface area contributed by atoms with Gasteiger partial charge in [0.05, 0.1) is 5.41 Å². The van der Waals surface area contributed by atoms with E-state index in [9.17, 15) is 9.59 Å². The summed E-state index contributed by atoms with van der Waals surface area (Å²) in [5.74, 6) is -0.153. The first-order chi connectivity index (χ1) is 14.0. The topological polar surface area (TPSA) is 37.4 Å². The van der Waals surface area contributed by atoms with Crippen molar-refractivity contribution in [2.75, 3.05) is 7.05 Å². The number of likely N-dealkylation sites (N-methyl/N-ethyl adjacent to an activating group) is 1. The molecular weight excluding hydrogens is 358 g/mol. The summed E-state index contributed by atoms with van der Waals surface area (Å²) in [7, 11) is 1.65. The maximum Gasteiger partial charge on any atom is 0.241 e. The molecule has 6 rings (SSSR count). The predicted molar refractivity (Wildman–Crippen MR) is 111 cm³/mol. The maximum absolute atomic E-state index is 14.0. The molecule has 2 aliphatic carbocycles. The van der Waals surface area contributed by atoms with Crippen LogP contribution in [0.2, 0.25) is 0 Å². The molecule has 0 radical (unpaired) electrons. The van der Waals surface area contributed by atoms with Crippen molar-refractivity contribution < 1.29 is 9.59 Å². The fraction of sp³-hybridized carbons (Fsp3) is 0.231. The van der Waals surface area contributed by atoms with Crippen LogP contribution in [-0.2, 0) is 25.8 Å². The molecule has 29 heavy (non-hydrogen) atoms. The molecule has 2 amide bonds. The summed E-state index contributed by atoms with van der Waals surface area (Å²) in [6, 6.07) is 26.5. The SMILES string of the molecule is CN1C(=O)[C@@]23c4ccccc4-c4ccccc4[C@@]2(CC3(C)c2ccccc2)C1=O. The van der Waals surface area contributed by atoms with Crippen molar-refractivity contribution in [3.8, 4) is 11.1 Å². The highest BCUT2D eigenvalue weighted by molar-refractivity contribution is 6.21. The zero-order valence-electron chi connectivity index (χ0n) is 16.5. The van der Waals surface area contributed by atoms with Crippen molar-refractivity contribution in [1.82, 2.24) is 4.90 Å². The van der Waals surface area contributed by atoms with E-state index in [1.54, 1.807) is 7.05 Å². The molecule has 2 fully saturated rings. The molecule has 1 unspecified atom stereocenters. The summed E-state index contributed by atoms with van der Waals surface area (Å²) in [6.45, 7) is 2.16. The van der Waals surface area contributed by atoms with Crippen molar-refractivity contribution >= 4 is 11.8 Å². The summed E-state index contributed by atoms with van der Waals surface area (Å²) in [4.78, 5) is 29.1. The summed E-state index contributed by atoms with van der Waals surface area (Å²) in [5, 5.41) is 0. The number of carbonyl (C=O) groups is 2. The monoisotopic (exact) mass is 379 g/mol. The Bertz CT molecular complexity index is 1220. The van der Waals surface area contributed by atoms with Gasteiger partial charge in [-0.25, -0.2) is 0 Å². The number of hydrogen-bond donors (Lipinski definition) is 0. The van der Waals surface area contributed by atoms with Crippen LogP contribution in [0.5, 0.6) is 0 Å². The summed E-state index contributed by atoms with van der Waals surface area (Å²) < 4.78 is 0. The van der Waals surface area contributed by atoms with E-state index in [2.05, 4.69) is 43.3 Å². The summed E-state index contributed by atoms with van der Waals surface area (Å²) >= 11 is 0. The van der Waals surface area contributed by atoms with Crippen molar-refractivity contribution in [1.29, 1.82) is 0 Å². The number of imide groups is 1. The van der Waals surface area contributed by atoms with Crippen LogP contribution < -0.4 is 0 Å². The van der Waals surface area contributed by atoms with Gasteiger partial charge in [-0.2, -0.15) is 0 Å². The van der Waals surface area contributed by atoms with E-state index < -0.39 is 16.2 Å². The molecule has 0 aromatic heterocycles. The van der Waals surface area contributed by atoms with E-state index in [0.717, 1.165) is 27.8 Å². The van der Waals surface area contributed by atoms with E-state index in [-0.39, 0.29) is 11.8 Å². The Morgan fingerprint density at radius 1 is 0.724 bits per heavy atom. The van der Waals surface area contributed by atoms with E-state index in [0.29, 0.717) is 6.42 Å². The third-order valence-electron chi connectivity index (χ3n) is 7.80. The van der Waals surface area contributed by atoms with Crippen molar-refractivity contribution in [3.63, 3.8) is 0 Å². The van der Waals surface area contributed by atoms with Gasteiger partial charge in [-0.1, -0.05) is 85.8 Å². The standard InChI is InChI=1S/C26H21NO2/c1-24(17-10-4-3-5-11-17)16-25-20-14-8-6-12-18(20)19-13-7-9-15-21(19)26(24,25)23(29)27(2)22(25)28/h3-15H,16H2,1-2H3/t24?,25-,26+/m0/s1. The van der Waals surface area contributed by atoms with Gasteiger partial charge in [0.1, 0.15) is 5.41 Å². The Kier molecular flexibility index (Phi) is 2.91. The highest BCUT2D eigenvalue weighted by Gasteiger charge is 2.85. The minimum Gasteiger partial charge on any atom is -0.284 e. The smallest absolute Gasteiger partial charge is 0.241 e. The van der Waals surface area contributed by atoms with Gasteiger partial charge in [-0.15, -0.1) is 0 Å². The van der Waals surface area contributed by atoms with Crippen LogP contribution in [0, 0.1) is 0 Å². The average Bonchev–Trinajstić information content (AvgIpc) is 2.91. The second-order valence-corrected chi connectivity index (χ2v) is 8.79. The number of rotatable bonds is 1. The van der Waals surface area contributed by atoms with E-state index >= 15 is 0 Å². The average molecular weight is 379 g/mol. The van der Waals surface area contributed by atoms with Gasteiger partial charge >= 0.3 is 0 Å². The van der Waals surface area contributed by atoms with Crippen LogP contribution in [0.15, 0.2) is 78.9 Å². The Morgan fingerprint density at radius 3 is 1.97 bits per heavy atom. The minimum atomic E-state index is -0.919. The number of likely N-dealkylation sites (tertiary alicyclic amines) is 1. The first-order valence-electron chi connectivity index (χ1n) is 10.1. The molecule has 1 saturated heterocycles. The molecule has 0 spiro atoms. The van der Waals surface area contributed by atoms with Crippen molar-refractivity contribution in [2.24, 2.45) is 0 Å². The van der Waals surface area contributed by atoms with Crippen LogP contribution in [0.25, 0.3) is 11.1 Å². The van der Waals surface area contributed by atoms with Crippen LogP contribution >= 0.6 is 0 Å². The van der Waals surface area contributed by atoms with Crippen LogP contribution in [-0.4, -0.2) is 23.8 Å². The number of carbonyl (C=O) groups excluding carboxylic acids is 2. The molecule has 3 aromatic carbocycles. The molecule has 142 valence electrons.